The van der Waals surface area contributed by atoms with Gasteiger partial charge in [-0.15, -0.1) is 0 Å². The van der Waals surface area contributed by atoms with Crippen molar-refractivity contribution in [1.82, 2.24) is 16.0 Å². The highest BCUT2D eigenvalue weighted by molar-refractivity contribution is 7.98. The van der Waals surface area contributed by atoms with Crippen molar-refractivity contribution in [3.8, 4) is 0 Å². The van der Waals surface area contributed by atoms with Gasteiger partial charge in [0.2, 0.25) is 5.91 Å². The SMILES string of the molecule is CCNC(=NCC(=O)NC(C)(C)C)NCCSCc1ccccc1F. The molecule has 0 heterocycles. The zero-order chi connectivity index (χ0) is 18.7. The summed E-state index contributed by atoms with van der Waals surface area (Å²) < 4.78 is 13.5. The maximum absolute atomic E-state index is 13.5. The van der Waals surface area contributed by atoms with Gasteiger partial charge in [-0.25, -0.2) is 9.38 Å². The van der Waals surface area contributed by atoms with E-state index in [0.29, 0.717) is 23.8 Å². The zero-order valence-electron chi connectivity index (χ0n) is 15.5. The van der Waals surface area contributed by atoms with Crippen LogP contribution in [0, 0.1) is 5.82 Å². The number of guanidine groups is 1. The van der Waals surface area contributed by atoms with Gasteiger partial charge in [-0.3, -0.25) is 4.79 Å². The monoisotopic (exact) mass is 368 g/mol. The Labute approximate surface area is 154 Å². The third kappa shape index (κ3) is 9.96. The second-order valence-electron chi connectivity index (χ2n) is 6.56. The van der Waals surface area contributed by atoms with Crippen LogP contribution in [0.5, 0.6) is 0 Å². The van der Waals surface area contributed by atoms with E-state index in [-0.39, 0.29) is 23.8 Å². The molecule has 0 radical (unpaired) electrons. The highest BCUT2D eigenvalue weighted by Crippen LogP contribution is 2.14. The second-order valence-corrected chi connectivity index (χ2v) is 7.67. The first-order chi connectivity index (χ1) is 11.8. The lowest BCUT2D eigenvalue weighted by Gasteiger charge is -2.20. The number of hydrogen-bond acceptors (Lipinski definition) is 3. The van der Waals surface area contributed by atoms with E-state index in [1.165, 1.54) is 6.07 Å². The fourth-order valence-electron chi connectivity index (χ4n) is 1.99. The molecule has 0 bridgehead atoms. The summed E-state index contributed by atoms with van der Waals surface area (Å²) in [6.45, 7) is 9.26. The lowest BCUT2D eigenvalue weighted by Crippen LogP contribution is -2.43. The minimum Gasteiger partial charge on any atom is -0.357 e. The number of rotatable bonds is 8. The van der Waals surface area contributed by atoms with Gasteiger partial charge in [0.25, 0.3) is 0 Å². The molecular formula is C18H29FN4OS. The van der Waals surface area contributed by atoms with Gasteiger partial charge >= 0.3 is 0 Å². The van der Waals surface area contributed by atoms with E-state index >= 15 is 0 Å². The van der Waals surface area contributed by atoms with Gasteiger partial charge in [0, 0.05) is 30.1 Å². The molecule has 0 atom stereocenters. The van der Waals surface area contributed by atoms with Crippen molar-refractivity contribution < 1.29 is 9.18 Å². The fourth-order valence-corrected chi connectivity index (χ4v) is 2.83. The Bertz CT molecular complexity index is 572. The molecule has 0 aromatic heterocycles. The number of nitrogens with one attached hydrogen (secondary N) is 3. The number of carbonyl (C=O) groups excluding carboxylic acids is 1. The van der Waals surface area contributed by atoms with Gasteiger partial charge in [-0.2, -0.15) is 11.8 Å². The number of carbonyl (C=O) groups is 1. The van der Waals surface area contributed by atoms with Gasteiger partial charge in [0.1, 0.15) is 12.4 Å². The molecule has 0 unspecified atom stereocenters. The van der Waals surface area contributed by atoms with Crippen molar-refractivity contribution in [2.24, 2.45) is 4.99 Å². The van der Waals surface area contributed by atoms with Crippen molar-refractivity contribution >= 4 is 23.6 Å². The van der Waals surface area contributed by atoms with Crippen molar-refractivity contribution in [2.75, 3.05) is 25.4 Å². The van der Waals surface area contributed by atoms with Crippen LogP contribution in [0.25, 0.3) is 0 Å². The number of halogens is 1. The first-order valence-electron chi connectivity index (χ1n) is 8.46. The van der Waals surface area contributed by atoms with Gasteiger partial charge in [0.05, 0.1) is 0 Å². The number of hydrogen-bond donors (Lipinski definition) is 3. The summed E-state index contributed by atoms with van der Waals surface area (Å²) in [5.74, 6) is 1.78. The molecule has 0 spiro atoms. The molecule has 1 rings (SSSR count). The van der Waals surface area contributed by atoms with Crippen LogP contribution < -0.4 is 16.0 Å². The molecule has 5 nitrogen and oxygen atoms in total. The quantitative estimate of drug-likeness (QED) is 0.375. The summed E-state index contributed by atoms with van der Waals surface area (Å²) in [5, 5.41) is 9.17. The Hall–Kier alpha value is -1.76. The third-order valence-electron chi connectivity index (χ3n) is 2.99. The van der Waals surface area contributed by atoms with Crippen molar-refractivity contribution in [3.63, 3.8) is 0 Å². The highest BCUT2D eigenvalue weighted by atomic mass is 32.2. The molecule has 0 aliphatic carbocycles. The maximum Gasteiger partial charge on any atom is 0.242 e. The van der Waals surface area contributed by atoms with E-state index in [1.54, 1.807) is 23.9 Å². The summed E-state index contributed by atoms with van der Waals surface area (Å²) >= 11 is 1.65. The largest absolute Gasteiger partial charge is 0.357 e. The smallest absolute Gasteiger partial charge is 0.242 e. The number of aliphatic imine (C=N–C) groups is 1. The molecule has 0 aliphatic heterocycles. The molecule has 3 N–H and O–H groups in total. The third-order valence-corrected chi connectivity index (χ3v) is 4.00. The van der Waals surface area contributed by atoms with Crippen LogP contribution in [0.2, 0.25) is 0 Å². The van der Waals surface area contributed by atoms with E-state index in [4.69, 9.17) is 0 Å². The van der Waals surface area contributed by atoms with E-state index in [2.05, 4.69) is 20.9 Å². The van der Waals surface area contributed by atoms with E-state index in [9.17, 15) is 9.18 Å². The molecule has 0 aliphatic rings. The fraction of sp³-hybridized carbons (Fsp3) is 0.556. The average molecular weight is 369 g/mol. The predicted molar refractivity (Wildman–Crippen MR) is 104 cm³/mol. The number of benzene rings is 1. The van der Waals surface area contributed by atoms with Crippen molar-refractivity contribution in [3.05, 3.63) is 35.6 Å². The Balaban J connectivity index is 2.33. The molecule has 7 heteroatoms. The Morgan fingerprint density at radius 1 is 1.24 bits per heavy atom. The Morgan fingerprint density at radius 2 is 1.96 bits per heavy atom. The Morgan fingerprint density at radius 3 is 2.60 bits per heavy atom. The predicted octanol–water partition coefficient (Wildman–Crippen LogP) is 2.53. The van der Waals surface area contributed by atoms with Crippen molar-refractivity contribution in [2.45, 2.75) is 39.0 Å². The van der Waals surface area contributed by atoms with Crippen LogP contribution in [0.4, 0.5) is 4.39 Å². The number of thioether (sulfide) groups is 1. The zero-order valence-corrected chi connectivity index (χ0v) is 16.3. The summed E-state index contributed by atoms with van der Waals surface area (Å²) in [6, 6.07) is 6.82. The maximum atomic E-state index is 13.5. The first-order valence-corrected chi connectivity index (χ1v) is 9.61. The van der Waals surface area contributed by atoms with Crippen molar-refractivity contribution in [1.29, 1.82) is 0 Å². The molecule has 0 fully saturated rings. The Kier molecular flexibility index (Phi) is 9.34. The summed E-state index contributed by atoms with van der Waals surface area (Å²) in [5.41, 5.74) is 0.453. The van der Waals surface area contributed by atoms with Gasteiger partial charge in [-0.05, 0) is 39.3 Å². The molecule has 25 heavy (non-hydrogen) atoms. The average Bonchev–Trinajstić information content (AvgIpc) is 2.52. The molecule has 1 amide bonds. The number of nitrogens with zero attached hydrogens (tertiary/aromatic N) is 1. The normalized spacial score (nSPS) is 12.0. The van der Waals surface area contributed by atoms with Crippen LogP contribution in [-0.2, 0) is 10.5 Å². The topological polar surface area (TPSA) is 65.5 Å². The van der Waals surface area contributed by atoms with Crippen LogP contribution in [0.1, 0.15) is 33.3 Å². The highest BCUT2D eigenvalue weighted by Gasteiger charge is 2.13. The second kappa shape index (κ2) is 11.0. The lowest BCUT2D eigenvalue weighted by molar-refractivity contribution is -0.121. The summed E-state index contributed by atoms with van der Waals surface area (Å²) in [6.07, 6.45) is 0. The molecule has 0 saturated carbocycles. The minimum absolute atomic E-state index is 0.0783. The summed E-state index contributed by atoms with van der Waals surface area (Å²) in [4.78, 5) is 16.1. The van der Waals surface area contributed by atoms with Gasteiger partial charge < -0.3 is 16.0 Å². The van der Waals surface area contributed by atoms with Crippen LogP contribution >= 0.6 is 11.8 Å². The molecule has 1 aromatic rings. The molecule has 1 aromatic carbocycles. The lowest BCUT2D eigenvalue weighted by atomic mass is 10.1. The number of amides is 1. The van der Waals surface area contributed by atoms with Gasteiger partial charge in [-0.1, -0.05) is 18.2 Å². The van der Waals surface area contributed by atoms with E-state index in [0.717, 1.165) is 12.3 Å². The van der Waals surface area contributed by atoms with Crippen LogP contribution in [0.3, 0.4) is 0 Å². The van der Waals surface area contributed by atoms with E-state index < -0.39 is 0 Å². The molecule has 0 saturated heterocycles. The minimum atomic E-state index is -0.262. The molecule has 140 valence electrons. The first kappa shape index (κ1) is 21.3. The van der Waals surface area contributed by atoms with Gasteiger partial charge in [0.15, 0.2) is 5.96 Å². The van der Waals surface area contributed by atoms with E-state index in [1.807, 2.05) is 33.8 Å². The standard InChI is InChI=1S/C18H29FN4OS/c1-5-20-17(22-12-16(24)23-18(2,3)4)21-10-11-25-13-14-8-6-7-9-15(14)19/h6-9H,5,10-13H2,1-4H3,(H,23,24)(H2,20,21,22). The van der Waals surface area contributed by atoms with Crippen LogP contribution in [0.15, 0.2) is 29.3 Å². The summed E-state index contributed by atoms with van der Waals surface area (Å²) in [7, 11) is 0. The molecular weight excluding hydrogens is 339 g/mol. The van der Waals surface area contributed by atoms with Crippen LogP contribution in [-0.4, -0.2) is 42.8 Å².